The Hall–Kier alpha value is -3.68. The Morgan fingerprint density at radius 3 is 2.39 bits per heavy atom. The van der Waals surface area contributed by atoms with Gasteiger partial charge in [0.2, 0.25) is 0 Å². The smallest absolute Gasteiger partial charge is 0.280 e. The van der Waals surface area contributed by atoms with Gasteiger partial charge >= 0.3 is 0 Å². The molecule has 1 amide bonds. The van der Waals surface area contributed by atoms with E-state index in [4.69, 9.17) is 22.3 Å². The first-order valence-corrected chi connectivity index (χ1v) is 13.4. The minimum atomic E-state index is -0.488. The summed E-state index contributed by atoms with van der Waals surface area (Å²) in [5.41, 5.74) is 11.6. The van der Waals surface area contributed by atoms with Crippen LogP contribution in [0.15, 0.2) is 77.6 Å². The lowest BCUT2D eigenvalue weighted by atomic mass is 10.1. The SMILES string of the molecule is CC.CCC(c1nc2cc(Cl)ccc2c(=O)n1Nc1ccccc1)N(CCCN)C(=O)c1ccc(C)cc1. The number of carbonyl (C=O) groups is 1. The molecule has 0 aliphatic rings. The molecule has 0 saturated heterocycles. The fraction of sp³-hybridized carbons (Fsp3) is 0.300. The van der Waals surface area contributed by atoms with Gasteiger partial charge in [-0.3, -0.25) is 15.0 Å². The number of carbonyl (C=O) groups excluding carboxylic acids is 1. The van der Waals surface area contributed by atoms with Crippen molar-refractivity contribution in [2.45, 2.75) is 46.6 Å². The number of benzene rings is 3. The number of anilines is 1. The summed E-state index contributed by atoms with van der Waals surface area (Å²) in [7, 11) is 0. The summed E-state index contributed by atoms with van der Waals surface area (Å²) in [5, 5.41) is 0.915. The Morgan fingerprint density at radius 1 is 1.08 bits per heavy atom. The van der Waals surface area contributed by atoms with E-state index in [9.17, 15) is 9.59 Å². The van der Waals surface area contributed by atoms with Crippen LogP contribution in [0.2, 0.25) is 5.02 Å². The van der Waals surface area contributed by atoms with E-state index in [1.165, 1.54) is 4.68 Å². The molecule has 4 aromatic rings. The van der Waals surface area contributed by atoms with Gasteiger partial charge in [-0.2, -0.15) is 0 Å². The van der Waals surface area contributed by atoms with Crippen LogP contribution in [0.4, 0.5) is 5.69 Å². The first kappa shape index (κ1) is 28.9. The van der Waals surface area contributed by atoms with Crippen molar-refractivity contribution >= 4 is 34.1 Å². The summed E-state index contributed by atoms with van der Waals surface area (Å²) in [5.74, 6) is 0.292. The average Bonchev–Trinajstić information content (AvgIpc) is 2.94. The van der Waals surface area contributed by atoms with Gasteiger partial charge in [-0.25, -0.2) is 9.66 Å². The molecular formula is C30H36ClN5O2. The highest BCUT2D eigenvalue weighted by atomic mass is 35.5. The van der Waals surface area contributed by atoms with E-state index >= 15 is 0 Å². The third kappa shape index (κ3) is 6.60. The Kier molecular flexibility index (Phi) is 10.4. The second-order valence-electron chi connectivity index (χ2n) is 8.68. The number of hydrogen-bond donors (Lipinski definition) is 2. The number of amides is 1. The lowest BCUT2D eigenvalue weighted by Crippen LogP contribution is -2.41. The van der Waals surface area contributed by atoms with Gasteiger partial charge in [0, 0.05) is 17.1 Å². The highest BCUT2D eigenvalue weighted by molar-refractivity contribution is 6.31. The number of hydrogen-bond acceptors (Lipinski definition) is 5. The van der Waals surface area contributed by atoms with Crippen LogP contribution in [-0.4, -0.2) is 33.6 Å². The van der Waals surface area contributed by atoms with E-state index in [2.05, 4.69) is 5.43 Å². The number of nitrogens with two attached hydrogens (primary N) is 1. The van der Waals surface area contributed by atoms with Crippen LogP contribution < -0.4 is 16.7 Å². The van der Waals surface area contributed by atoms with Gasteiger partial charge in [-0.15, -0.1) is 0 Å². The van der Waals surface area contributed by atoms with Gasteiger partial charge in [0.05, 0.1) is 22.6 Å². The molecule has 7 nitrogen and oxygen atoms in total. The minimum absolute atomic E-state index is 0.137. The first-order chi connectivity index (χ1) is 18.4. The van der Waals surface area contributed by atoms with Crippen LogP contribution in [0.1, 0.15) is 61.4 Å². The monoisotopic (exact) mass is 533 g/mol. The highest BCUT2D eigenvalue weighted by Gasteiger charge is 2.29. The zero-order valence-corrected chi connectivity index (χ0v) is 23.2. The van der Waals surface area contributed by atoms with Crippen LogP contribution in [0.5, 0.6) is 0 Å². The summed E-state index contributed by atoms with van der Waals surface area (Å²) >= 11 is 6.24. The molecule has 1 atom stereocenters. The third-order valence-corrected chi connectivity index (χ3v) is 6.33. The van der Waals surface area contributed by atoms with Gasteiger partial charge in [-0.1, -0.05) is 68.3 Å². The van der Waals surface area contributed by atoms with Crippen molar-refractivity contribution in [3.05, 3.63) is 105 Å². The summed E-state index contributed by atoms with van der Waals surface area (Å²) in [4.78, 5) is 34.1. The summed E-state index contributed by atoms with van der Waals surface area (Å²) in [6.07, 6.45) is 1.15. The summed E-state index contributed by atoms with van der Waals surface area (Å²) in [6, 6.07) is 21.4. The average molecular weight is 534 g/mol. The number of aryl methyl sites for hydroxylation is 1. The number of para-hydroxylation sites is 1. The van der Waals surface area contributed by atoms with Crippen molar-refractivity contribution in [3.63, 3.8) is 0 Å². The second-order valence-corrected chi connectivity index (χ2v) is 9.12. The quantitative estimate of drug-likeness (QED) is 0.267. The highest BCUT2D eigenvalue weighted by Crippen LogP contribution is 2.27. The second kappa shape index (κ2) is 13.7. The Morgan fingerprint density at radius 2 is 1.76 bits per heavy atom. The normalized spacial score (nSPS) is 11.4. The molecule has 0 fully saturated rings. The molecule has 3 aromatic carbocycles. The van der Waals surface area contributed by atoms with E-state index in [1.807, 2.05) is 82.3 Å². The molecule has 0 aliphatic heterocycles. The molecule has 200 valence electrons. The Balaban J connectivity index is 0.00000195. The predicted molar refractivity (Wildman–Crippen MR) is 157 cm³/mol. The van der Waals surface area contributed by atoms with Crippen LogP contribution in [-0.2, 0) is 0 Å². The summed E-state index contributed by atoms with van der Waals surface area (Å²) in [6.45, 7) is 8.82. The lowest BCUT2D eigenvalue weighted by molar-refractivity contribution is 0.0657. The van der Waals surface area contributed by atoms with Crippen LogP contribution in [0, 0.1) is 6.92 Å². The molecule has 4 rings (SSSR count). The third-order valence-electron chi connectivity index (χ3n) is 6.10. The number of fused-ring (bicyclic) bond motifs is 1. The van der Waals surface area contributed by atoms with Gasteiger partial charge in [0.1, 0.15) is 0 Å². The molecule has 0 saturated carbocycles. The molecule has 8 heteroatoms. The molecular weight excluding hydrogens is 498 g/mol. The van der Waals surface area contributed by atoms with E-state index < -0.39 is 6.04 Å². The van der Waals surface area contributed by atoms with E-state index in [-0.39, 0.29) is 11.5 Å². The molecule has 1 unspecified atom stereocenters. The zero-order chi connectivity index (χ0) is 27.7. The minimum Gasteiger partial charge on any atom is -0.330 e. The van der Waals surface area contributed by atoms with Crippen molar-refractivity contribution < 1.29 is 4.79 Å². The molecule has 1 aromatic heterocycles. The van der Waals surface area contributed by atoms with Gasteiger partial charge in [-0.05, 0) is 68.8 Å². The maximum absolute atomic E-state index is 13.7. The van der Waals surface area contributed by atoms with E-state index in [1.54, 1.807) is 23.1 Å². The largest absolute Gasteiger partial charge is 0.330 e. The zero-order valence-electron chi connectivity index (χ0n) is 22.4. The molecule has 0 aliphatic carbocycles. The Bertz CT molecular complexity index is 1400. The number of nitrogens with zero attached hydrogens (tertiary/aromatic N) is 3. The molecule has 38 heavy (non-hydrogen) atoms. The van der Waals surface area contributed by atoms with Crippen LogP contribution in [0.3, 0.4) is 0 Å². The lowest BCUT2D eigenvalue weighted by Gasteiger charge is -2.32. The van der Waals surface area contributed by atoms with E-state index in [0.717, 1.165) is 11.3 Å². The van der Waals surface area contributed by atoms with Gasteiger partial charge < -0.3 is 10.6 Å². The fourth-order valence-corrected chi connectivity index (χ4v) is 4.38. The topological polar surface area (TPSA) is 93.2 Å². The maximum atomic E-state index is 13.7. The van der Waals surface area contributed by atoms with Gasteiger partial charge in [0.25, 0.3) is 11.5 Å². The van der Waals surface area contributed by atoms with Crippen LogP contribution >= 0.6 is 11.6 Å². The van der Waals surface area contributed by atoms with Crippen molar-refractivity contribution in [2.24, 2.45) is 5.73 Å². The van der Waals surface area contributed by atoms with Gasteiger partial charge in [0.15, 0.2) is 5.82 Å². The number of rotatable bonds is 9. The maximum Gasteiger partial charge on any atom is 0.280 e. The molecule has 1 heterocycles. The standard InChI is InChI=1S/C28H30ClN5O2.C2H6/c1-3-25(33(17-7-16-30)27(35)20-12-10-19(2)11-13-20)26-31-24-18-21(29)14-15-23(24)28(36)34(26)32-22-8-5-4-6-9-22;1-2/h4-6,8-15,18,25,32H,3,7,16-17,30H2,1-2H3;1-2H3. The van der Waals surface area contributed by atoms with Crippen molar-refractivity contribution in [1.82, 2.24) is 14.6 Å². The van der Waals surface area contributed by atoms with Crippen molar-refractivity contribution in [2.75, 3.05) is 18.5 Å². The molecule has 0 bridgehead atoms. The number of halogens is 1. The summed E-state index contributed by atoms with van der Waals surface area (Å²) < 4.78 is 1.44. The number of nitrogens with one attached hydrogen (secondary N) is 1. The van der Waals surface area contributed by atoms with Crippen molar-refractivity contribution in [3.8, 4) is 0 Å². The molecule has 0 spiro atoms. The number of aromatic nitrogens is 2. The van der Waals surface area contributed by atoms with Crippen LogP contribution in [0.25, 0.3) is 10.9 Å². The molecule has 0 radical (unpaired) electrons. The predicted octanol–water partition coefficient (Wildman–Crippen LogP) is 6.20. The first-order valence-electron chi connectivity index (χ1n) is 13.0. The van der Waals surface area contributed by atoms with E-state index in [0.29, 0.717) is 53.2 Å². The van der Waals surface area contributed by atoms with Crippen molar-refractivity contribution in [1.29, 1.82) is 0 Å². The molecule has 3 N–H and O–H groups in total. The Labute approximate surface area is 229 Å². The fourth-order valence-electron chi connectivity index (χ4n) is 4.21.